The molecule has 1 rings (SSSR count). The molecule has 6 heteroatoms. The van der Waals surface area contributed by atoms with Crippen molar-refractivity contribution in [1.29, 1.82) is 0 Å². The van der Waals surface area contributed by atoms with Gasteiger partial charge in [-0.1, -0.05) is 27.7 Å². The number of hydrogen-bond acceptors (Lipinski definition) is 4. The van der Waals surface area contributed by atoms with Crippen molar-refractivity contribution < 1.29 is 14.0 Å². The van der Waals surface area contributed by atoms with Crippen LogP contribution in [0, 0.1) is 6.92 Å². The van der Waals surface area contributed by atoms with Gasteiger partial charge in [0.25, 0.3) is 0 Å². The van der Waals surface area contributed by atoms with E-state index in [1.807, 2.05) is 0 Å². The van der Waals surface area contributed by atoms with Crippen molar-refractivity contribution in [1.82, 2.24) is 9.78 Å². The van der Waals surface area contributed by atoms with Crippen molar-refractivity contribution in [2.75, 3.05) is 6.61 Å². The van der Waals surface area contributed by atoms with Gasteiger partial charge in [-0.3, -0.25) is 4.68 Å². The number of nitrogens with zero attached hydrogens (tertiary/aromatic N) is 2. The van der Waals surface area contributed by atoms with E-state index in [1.54, 1.807) is 0 Å². The summed E-state index contributed by atoms with van der Waals surface area (Å²) >= 11 is 0. The summed E-state index contributed by atoms with van der Waals surface area (Å²) in [5, 5.41) is 4.88. The Labute approximate surface area is 135 Å². The lowest BCUT2D eigenvalue weighted by molar-refractivity contribution is -0.191. The van der Waals surface area contributed by atoms with Crippen molar-refractivity contribution in [2.45, 2.75) is 72.1 Å². The van der Waals surface area contributed by atoms with Crippen LogP contribution in [0.15, 0.2) is 6.07 Å². The van der Waals surface area contributed by atoms with Gasteiger partial charge in [0.05, 0.1) is 5.69 Å². The molecule has 1 heterocycles. The smallest absolute Gasteiger partial charge is 0.373 e. The molecule has 0 aliphatic carbocycles. The minimum Gasteiger partial charge on any atom is -0.417 e. The summed E-state index contributed by atoms with van der Waals surface area (Å²) in [7, 11) is -1.59. The second-order valence-corrected chi connectivity index (χ2v) is 11.7. The van der Waals surface area contributed by atoms with E-state index < -0.39 is 8.32 Å². The Kier molecular flexibility index (Phi) is 8.52. The van der Waals surface area contributed by atoms with Gasteiger partial charge in [-0.15, -0.1) is 0 Å². The van der Waals surface area contributed by atoms with Crippen molar-refractivity contribution in [3.63, 3.8) is 0 Å². The fourth-order valence-electron chi connectivity index (χ4n) is 1.74. The first-order chi connectivity index (χ1) is 10.1. The van der Waals surface area contributed by atoms with E-state index in [4.69, 9.17) is 14.0 Å². The number of aryl methyl sites for hydroxylation is 3. The summed E-state index contributed by atoms with van der Waals surface area (Å²) < 4.78 is 8.29. The van der Waals surface area contributed by atoms with E-state index in [0.717, 1.165) is 26.0 Å². The molecule has 0 atom stereocenters. The fourth-order valence-corrected chi connectivity index (χ4v) is 2.82. The van der Waals surface area contributed by atoms with Crippen LogP contribution in [0.4, 0.5) is 0 Å². The van der Waals surface area contributed by atoms with Crippen molar-refractivity contribution in [2.24, 2.45) is 0 Å². The Bertz CT molecular complexity index is 484. The van der Waals surface area contributed by atoms with Gasteiger partial charge in [0.1, 0.15) is 0 Å². The molecule has 1 aromatic rings. The zero-order valence-corrected chi connectivity index (χ0v) is 16.0. The second-order valence-electron chi connectivity index (χ2n) is 6.90. The predicted molar refractivity (Wildman–Crippen MR) is 89.1 cm³/mol. The highest BCUT2D eigenvalue weighted by atomic mass is 28.4. The molecule has 0 radical (unpaired) electrons. The van der Waals surface area contributed by atoms with Crippen molar-refractivity contribution >= 4 is 14.5 Å². The molecule has 0 aliphatic rings. The molecule has 126 valence electrons. The lowest BCUT2D eigenvalue weighted by atomic mass is 10.2. The zero-order valence-electron chi connectivity index (χ0n) is 15.0. The van der Waals surface area contributed by atoms with E-state index in [2.05, 4.69) is 63.6 Å². The van der Waals surface area contributed by atoms with E-state index in [0.29, 0.717) is 5.04 Å². The van der Waals surface area contributed by atoms with Crippen molar-refractivity contribution in [3.05, 3.63) is 17.5 Å². The summed E-state index contributed by atoms with van der Waals surface area (Å²) in [4.78, 5) is 16.2. The molecule has 0 bridgehead atoms. The van der Waals surface area contributed by atoms with Gasteiger partial charge in [-0.25, -0.2) is 0 Å². The summed E-state index contributed by atoms with van der Waals surface area (Å²) in [5.41, 5.74) is 2.44. The topological polar surface area (TPSA) is 61.2 Å². The molecule has 0 fully saturated rings. The monoisotopic (exact) mass is 326 g/mol. The van der Waals surface area contributed by atoms with E-state index >= 15 is 0 Å². The highest BCUT2D eigenvalue weighted by Gasteiger charge is 2.36. The maximum Gasteiger partial charge on any atom is 0.373 e. The van der Waals surface area contributed by atoms with E-state index in [9.17, 15) is 0 Å². The minimum atomic E-state index is -1.59. The Morgan fingerprint density at radius 1 is 1.32 bits per heavy atom. The van der Waals surface area contributed by atoms with Gasteiger partial charge in [0.2, 0.25) is 0 Å². The van der Waals surface area contributed by atoms with Gasteiger partial charge in [-0.2, -0.15) is 14.7 Å². The molecule has 22 heavy (non-hydrogen) atoms. The maximum atomic E-state index is 8.12. The first-order valence-electron chi connectivity index (χ1n) is 7.75. The van der Waals surface area contributed by atoms with Crippen LogP contribution in [-0.2, 0) is 27.0 Å². The largest absolute Gasteiger partial charge is 0.417 e. The fraction of sp³-hybridized carbons (Fsp3) is 0.750. The highest BCUT2D eigenvalue weighted by molar-refractivity contribution is 6.74. The SMILES string of the molecule is CCc1cc(C)n(CCCO[Si](C)(C)C(C)(C)C)n1.O=C=O. The summed E-state index contributed by atoms with van der Waals surface area (Å²) in [6.07, 6.45) is 2.30. The van der Waals surface area contributed by atoms with Crippen LogP contribution < -0.4 is 0 Å². The third-order valence-corrected chi connectivity index (χ3v) is 8.72. The van der Waals surface area contributed by atoms with Gasteiger partial charge in [0.15, 0.2) is 8.32 Å². The Morgan fingerprint density at radius 2 is 1.86 bits per heavy atom. The molecule has 0 saturated heterocycles. The molecule has 1 aromatic heterocycles. The predicted octanol–water partition coefficient (Wildman–Crippen LogP) is 3.58. The number of hydrogen-bond donors (Lipinski definition) is 0. The molecule has 0 aliphatic heterocycles. The standard InChI is InChI=1S/C15H30N2OSi.CO2/c1-8-14-12-13(2)17(16-14)10-9-11-18-19(6,7)15(3,4)5;2-1-3/h12H,8-11H2,1-7H3;. The van der Waals surface area contributed by atoms with Crippen LogP contribution in [0.25, 0.3) is 0 Å². The van der Waals surface area contributed by atoms with Crippen LogP contribution in [0.5, 0.6) is 0 Å². The highest BCUT2D eigenvalue weighted by Crippen LogP contribution is 2.36. The second kappa shape index (κ2) is 9.03. The lowest BCUT2D eigenvalue weighted by Gasteiger charge is -2.36. The number of aromatic nitrogens is 2. The quantitative estimate of drug-likeness (QED) is 0.592. The van der Waals surface area contributed by atoms with Crippen molar-refractivity contribution in [3.8, 4) is 0 Å². The molecule has 0 amide bonds. The summed E-state index contributed by atoms with van der Waals surface area (Å²) in [6.45, 7) is 17.5. The molecule has 0 unspecified atom stereocenters. The first-order valence-corrected chi connectivity index (χ1v) is 10.7. The zero-order chi connectivity index (χ0) is 17.4. The first kappa shape index (κ1) is 20.8. The van der Waals surface area contributed by atoms with Crippen LogP contribution in [0.2, 0.25) is 18.1 Å². The molecule has 0 saturated carbocycles. The van der Waals surface area contributed by atoms with Gasteiger partial charge in [0, 0.05) is 18.8 Å². The lowest BCUT2D eigenvalue weighted by Crippen LogP contribution is -2.41. The summed E-state index contributed by atoms with van der Waals surface area (Å²) in [5.74, 6) is 0. The molecule has 5 nitrogen and oxygen atoms in total. The average molecular weight is 327 g/mol. The molecular weight excluding hydrogens is 296 g/mol. The van der Waals surface area contributed by atoms with Crippen LogP contribution in [0.3, 0.4) is 0 Å². The number of rotatable bonds is 6. The molecule has 0 N–H and O–H groups in total. The van der Waals surface area contributed by atoms with E-state index in [-0.39, 0.29) is 6.15 Å². The molecular formula is C16H30N2O3Si. The van der Waals surface area contributed by atoms with E-state index in [1.165, 1.54) is 11.4 Å². The van der Waals surface area contributed by atoms with Gasteiger partial charge >= 0.3 is 6.15 Å². The van der Waals surface area contributed by atoms with Crippen LogP contribution in [0.1, 0.15) is 45.5 Å². The number of carbonyl (C=O) groups excluding carboxylic acids is 2. The average Bonchev–Trinajstić information content (AvgIpc) is 2.75. The Balaban J connectivity index is 0.00000135. The minimum absolute atomic E-state index is 0.250. The van der Waals surface area contributed by atoms with Gasteiger partial charge < -0.3 is 4.43 Å². The van der Waals surface area contributed by atoms with Crippen LogP contribution >= 0.6 is 0 Å². The molecule has 0 spiro atoms. The third kappa shape index (κ3) is 6.69. The molecule has 0 aromatic carbocycles. The van der Waals surface area contributed by atoms with Crippen LogP contribution in [-0.4, -0.2) is 30.9 Å². The Hall–Kier alpha value is -1.23. The normalized spacial score (nSPS) is 11.6. The maximum absolute atomic E-state index is 8.12. The third-order valence-electron chi connectivity index (χ3n) is 4.18. The summed E-state index contributed by atoms with van der Waals surface area (Å²) in [6, 6.07) is 2.18. The Morgan fingerprint density at radius 3 is 2.27 bits per heavy atom. The van der Waals surface area contributed by atoms with Gasteiger partial charge in [-0.05, 0) is 44.0 Å².